The zero-order valence-electron chi connectivity index (χ0n) is 19.7. The molecule has 0 bridgehead atoms. The molecular formula is C27H25N3O5. The number of ether oxygens (including phenoxy) is 2. The van der Waals surface area contributed by atoms with Crippen molar-refractivity contribution in [1.29, 1.82) is 5.26 Å². The molecule has 3 rings (SSSR count). The maximum absolute atomic E-state index is 12.7. The summed E-state index contributed by atoms with van der Waals surface area (Å²) in [5, 5.41) is 23.3. The number of nitrogens with one attached hydrogen (secondary N) is 1. The van der Waals surface area contributed by atoms with Gasteiger partial charge in [0.1, 0.15) is 18.2 Å². The predicted octanol–water partition coefficient (Wildman–Crippen LogP) is 5.74. The number of amides is 1. The van der Waals surface area contributed by atoms with Gasteiger partial charge in [-0.3, -0.25) is 14.9 Å². The number of nitro benzene ring substituents is 1. The monoisotopic (exact) mass is 471 g/mol. The topological polar surface area (TPSA) is 114 Å². The summed E-state index contributed by atoms with van der Waals surface area (Å²) >= 11 is 0. The minimum atomic E-state index is -0.514. The van der Waals surface area contributed by atoms with Gasteiger partial charge < -0.3 is 14.8 Å². The van der Waals surface area contributed by atoms with Crippen LogP contribution in [0.15, 0.2) is 66.2 Å². The van der Waals surface area contributed by atoms with E-state index in [1.54, 1.807) is 36.4 Å². The third-order valence-electron chi connectivity index (χ3n) is 5.22. The number of nitro groups is 1. The Balaban J connectivity index is 1.78. The van der Waals surface area contributed by atoms with Crippen molar-refractivity contribution < 1.29 is 19.2 Å². The average Bonchev–Trinajstić information content (AvgIpc) is 2.84. The zero-order chi connectivity index (χ0) is 25.4. The molecule has 0 aliphatic rings. The first-order chi connectivity index (χ1) is 16.8. The lowest BCUT2D eigenvalue weighted by molar-refractivity contribution is -0.384. The number of nitriles is 1. The molecule has 0 atom stereocenters. The van der Waals surface area contributed by atoms with Gasteiger partial charge in [0.15, 0.2) is 11.5 Å². The van der Waals surface area contributed by atoms with Gasteiger partial charge in [-0.05, 0) is 73.4 Å². The van der Waals surface area contributed by atoms with E-state index in [1.165, 1.54) is 18.2 Å². The van der Waals surface area contributed by atoms with Gasteiger partial charge in [0.25, 0.3) is 11.6 Å². The normalized spacial score (nSPS) is 10.9. The number of anilines is 1. The number of nitrogens with zero attached hydrogens (tertiary/aromatic N) is 2. The molecular weight excluding hydrogens is 446 g/mol. The Morgan fingerprint density at radius 3 is 2.54 bits per heavy atom. The van der Waals surface area contributed by atoms with E-state index in [4.69, 9.17) is 9.47 Å². The molecule has 0 unspecified atom stereocenters. The lowest BCUT2D eigenvalue weighted by Gasteiger charge is -2.13. The van der Waals surface area contributed by atoms with Gasteiger partial charge >= 0.3 is 0 Å². The zero-order valence-corrected chi connectivity index (χ0v) is 19.7. The number of hydrogen-bond acceptors (Lipinski definition) is 6. The highest BCUT2D eigenvalue weighted by molar-refractivity contribution is 6.09. The first-order valence-electron chi connectivity index (χ1n) is 10.9. The van der Waals surface area contributed by atoms with Crippen LogP contribution in [0.2, 0.25) is 0 Å². The minimum absolute atomic E-state index is 0.0141. The van der Waals surface area contributed by atoms with Crippen molar-refractivity contribution in [2.75, 3.05) is 11.9 Å². The molecule has 0 spiro atoms. The molecule has 35 heavy (non-hydrogen) atoms. The summed E-state index contributed by atoms with van der Waals surface area (Å²) < 4.78 is 11.5. The number of carbonyl (C=O) groups excluding carboxylic acids is 1. The summed E-state index contributed by atoms with van der Waals surface area (Å²) in [6.45, 7) is 6.24. The summed E-state index contributed by atoms with van der Waals surface area (Å²) in [4.78, 5) is 23.2. The van der Waals surface area contributed by atoms with Gasteiger partial charge in [0, 0.05) is 17.8 Å². The van der Waals surface area contributed by atoms with Gasteiger partial charge in [0.05, 0.1) is 11.5 Å². The van der Waals surface area contributed by atoms with E-state index in [2.05, 4.69) is 5.32 Å². The van der Waals surface area contributed by atoms with Crippen LogP contribution in [0.5, 0.6) is 11.5 Å². The fourth-order valence-corrected chi connectivity index (χ4v) is 3.26. The maximum atomic E-state index is 12.7. The summed E-state index contributed by atoms with van der Waals surface area (Å²) in [6.07, 6.45) is 1.48. The number of benzene rings is 3. The Morgan fingerprint density at radius 2 is 1.86 bits per heavy atom. The van der Waals surface area contributed by atoms with E-state index < -0.39 is 10.8 Å². The molecule has 0 saturated heterocycles. The number of non-ortho nitro benzene ring substituents is 1. The summed E-state index contributed by atoms with van der Waals surface area (Å²) in [5.74, 6) is 0.354. The standard InChI is InChI=1S/C27H25N3O5/c1-4-34-26-15-20(9-11-25(26)35-17-21-6-5-7-24(14-21)30(32)33)13-22(16-28)27(31)29-23-10-8-18(2)19(3)12-23/h5-15H,4,17H2,1-3H3,(H,29,31)/b22-13+. The average molecular weight is 472 g/mol. The Morgan fingerprint density at radius 1 is 1.06 bits per heavy atom. The van der Waals surface area contributed by atoms with Crippen LogP contribution in [-0.2, 0) is 11.4 Å². The number of hydrogen-bond donors (Lipinski definition) is 1. The van der Waals surface area contributed by atoms with Crippen molar-refractivity contribution in [1.82, 2.24) is 0 Å². The third-order valence-corrected chi connectivity index (χ3v) is 5.22. The second-order valence-corrected chi connectivity index (χ2v) is 7.78. The minimum Gasteiger partial charge on any atom is -0.490 e. The molecule has 3 aromatic carbocycles. The fraction of sp³-hybridized carbons (Fsp3) is 0.185. The lowest BCUT2D eigenvalue weighted by Crippen LogP contribution is -2.13. The molecule has 3 aromatic rings. The SMILES string of the molecule is CCOc1cc(/C=C(\C#N)C(=O)Nc2ccc(C)c(C)c2)ccc1OCc1cccc([N+](=O)[O-])c1. The van der Waals surface area contributed by atoms with Crippen molar-refractivity contribution in [3.8, 4) is 17.6 Å². The van der Waals surface area contributed by atoms with Crippen molar-refractivity contribution in [2.45, 2.75) is 27.4 Å². The van der Waals surface area contributed by atoms with Gasteiger partial charge in [0.2, 0.25) is 0 Å². The smallest absolute Gasteiger partial charge is 0.269 e. The Hall–Kier alpha value is -4.64. The number of rotatable bonds is 9. The third kappa shape index (κ3) is 6.68. The number of carbonyl (C=O) groups is 1. The molecule has 1 amide bonds. The van der Waals surface area contributed by atoms with Crippen molar-refractivity contribution in [3.63, 3.8) is 0 Å². The molecule has 8 heteroatoms. The van der Waals surface area contributed by atoms with Gasteiger partial charge in [-0.15, -0.1) is 0 Å². The van der Waals surface area contributed by atoms with E-state index in [0.29, 0.717) is 34.9 Å². The van der Waals surface area contributed by atoms with Gasteiger partial charge in [-0.25, -0.2) is 0 Å². The molecule has 0 fully saturated rings. The molecule has 0 aliphatic heterocycles. The highest BCUT2D eigenvalue weighted by Gasteiger charge is 2.13. The van der Waals surface area contributed by atoms with Gasteiger partial charge in [-0.1, -0.05) is 24.3 Å². The van der Waals surface area contributed by atoms with Crippen LogP contribution >= 0.6 is 0 Å². The van der Waals surface area contributed by atoms with Crippen LogP contribution in [0.4, 0.5) is 11.4 Å². The highest BCUT2D eigenvalue weighted by Crippen LogP contribution is 2.30. The lowest BCUT2D eigenvalue weighted by atomic mass is 10.1. The van der Waals surface area contributed by atoms with Crippen molar-refractivity contribution in [3.05, 3.63) is 98.6 Å². The predicted molar refractivity (Wildman–Crippen MR) is 133 cm³/mol. The summed E-state index contributed by atoms with van der Waals surface area (Å²) in [5.41, 5.74) is 3.90. The van der Waals surface area contributed by atoms with Crippen LogP contribution in [0, 0.1) is 35.3 Å². The van der Waals surface area contributed by atoms with E-state index in [0.717, 1.165) is 11.1 Å². The van der Waals surface area contributed by atoms with Crippen molar-refractivity contribution in [2.24, 2.45) is 0 Å². The van der Waals surface area contributed by atoms with Gasteiger partial charge in [-0.2, -0.15) is 5.26 Å². The number of aryl methyl sites for hydroxylation is 2. The molecule has 1 N–H and O–H groups in total. The van der Waals surface area contributed by atoms with Crippen LogP contribution < -0.4 is 14.8 Å². The van der Waals surface area contributed by atoms with Crippen LogP contribution in [0.25, 0.3) is 6.08 Å². The molecule has 0 heterocycles. The van der Waals surface area contributed by atoms with Crippen LogP contribution in [0.3, 0.4) is 0 Å². The van der Waals surface area contributed by atoms with E-state index in [-0.39, 0.29) is 17.9 Å². The molecule has 8 nitrogen and oxygen atoms in total. The van der Waals surface area contributed by atoms with E-state index in [1.807, 2.05) is 39.0 Å². The Labute approximate surface area is 203 Å². The quantitative estimate of drug-likeness (QED) is 0.184. The highest BCUT2D eigenvalue weighted by atomic mass is 16.6. The van der Waals surface area contributed by atoms with E-state index >= 15 is 0 Å². The second-order valence-electron chi connectivity index (χ2n) is 7.78. The Kier molecular flexibility index (Phi) is 8.20. The van der Waals surface area contributed by atoms with Crippen molar-refractivity contribution >= 4 is 23.4 Å². The Bertz CT molecular complexity index is 1320. The molecule has 0 saturated carbocycles. The molecule has 0 radical (unpaired) electrons. The molecule has 178 valence electrons. The first-order valence-corrected chi connectivity index (χ1v) is 10.9. The maximum Gasteiger partial charge on any atom is 0.269 e. The van der Waals surface area contributed by atoms with E-state index in [9.17, 15) is 20.2 Å². The largest absolute Gasteiger partial charge is 0.490 e. The summed E-state index contributed by atoms with van der Waals surface area (Å²) in [6, 6.07) is 18.7. The van der Waals surface area contributed by atoms with Crippen LogP contribution in [0.1, 0.15) is 29.2 Å². The fourth-order valence-electron chi connectivity index (χ4n) is 3.26. The second kappa shape index (κ2) is 11.5. The molecule has 0 aromatic heterocycles. The first kappa shape index (κ1) is 25.0. The summed E-state index contributed by atoms with van der Waals surface area (Å²) in [7, 11) is 0. The molecule has 0 aliphatic carbocycles. The van der Waals surface area contributed by atoms with Crippen LogP contribution in [-0.4, -0.2) is 17.4 Å².